The van der Waals surface area contributed by atoms with Crippen molar-refractivity contribution in [1.29, 1.82) is 0 Å². The van der Waals surface area contributed by atoms with Crippen LogP contribution in [-0.2, 0) is 11.3 Å². The SMILES string of the molecule is CC(C)COc1ccc(COC(N)=O)cc1. The second-order valence-electron chi connectivity index (χ2n) is 3.96. The lowest BCUT2D eigenvalue weighted by atomic mass is 10.2. The Labute approximate surface area is 95.3 Å². The minimum Gasteiger partial charge on any atom is -0.493 e. The lowest BCUT2D eigenvalue weighted by Crippen LogP contribution is -2.12. The molecule has 0 radical (unpaired) electrons. The van der Waals surface area contributed by atoms with E-state index in [-0.39, 0.29) is 6.61 Å². The lowest BCUT2D eigenvalue weighted by Gasteiger charge is -2.09. The Bertz CT molecular complexity index is 333. The van der Waals surface area contributed by atoms with Gasteiger partial charge in [0, 0.05) is 0 Å². The topological polar surface area (TPSA) is 61.6 Å². The molecule has 1 rings (SSSR count). The summed E-state index contributed by atoms with van der Waals surface area (Å²) in [5.41, 5.74) is 5.75. The first kappa shape index (κ1) is 12.4. The fourth-order valence-corrected chi connectivity index (χ4v) is 1.10. The van der Waals surface area contributed by atoms with Crippen molar-refractivity contribution in [3.63, 3.8) is 0 Å². The highest BCUT2D eigenvalue weighted by Crippen LogP contribution is 2.13. The zero-order chi connectivity index (χ0) is 12.0. The van der Waals surface area contributed by atoms with Crippen molar-refractivity contribution in [2.24, 2.45) is 11.7 Å². The van der Waals surface area contributed by atoms with E-state index >= 15 is 0 Å². The summed E-state index contributed by atoms with van der Waals surface area (Å²) in [6, 6.07) is 7.39. The molecule has 0 saturated heterocycles. The number of rotatable bonds is 5. The normalized spacial score (nSPS) is 10.2. The molecule has 16 heavy (non-hydrogen) atoms. The molecule has 0 heterocycles. The van der Waals surface area contributed by atoms with Gasteiger partial charge in [-0.1, -0.05) is 26.0 Å². The predicted molar refractivity (Wildman–Crippen MR) is 61.1 cm³/mol. The van der Waals surface area contributed by atoms with Gasteiger partial charge in [-0.25, -0.2) is 4.79 Å². The largest absolute Gasteiger partial charge is 0.493 e. The number of ether oxygens (including phenoxy) is 2. The van der Waals surface area contributed by atoms with Gasteiger partial charge in [0.15, 0.2) is 0 Å². The summed E-state index contributed by atoms with van der Waals surface area (Å²) < 4.78 is 10.2. The van der Waals surface area contributed by atoms with Crippen molar-refractivity contribution in [3.8, 4) is 5.75 Å². The van der Waals surface area contributed by atoms with E-state index in [1.807, 2.05) is 24.3 Å². The fraction of sp³-hybridized carbons (Fsp3) is 0.417. The van der Waals surface area contributed by atoms with E-state index in [9.17, 15) is 4.79 Å². The van der Waals surface area contributed by atoms with E-state index in [0.29, 0.717) is 12.5 Å². The van der Waals surface area contributed by atoms with E-state index < -0.39 is 6.09 Å². The van der Waals surface area contributed by atoms with Gasteiger partial charge in [0.2, 0.25) is 0 Å². The quantitative estimate of drug-likeness (QED) is 0.833. The predicted octanol–water partition coefficient (Wildman–Crippen LogP) is 2.32. The highest BCUT2D eigenvalue weighted by molar-refractivity contribution is 5.64. The third-order valence-electron chi connectivity index (χ3n) is 1.89. The maximum absolute atomic E-state index is 10.4. The third-order valence-corrected chi connectivity index (χ3v) is 1.89. The van der Waals surface area contributed by atoms with Crippen molar-refractivity contribution >= 4 is 6.09 Å². The molecular formula is C12H17NO3. The molecule has 0 aliphatic heterocycles. The summed E-state index contributed by atoms with van der Waals surface area (Å²) in [6.45, 7) is 5.07. The molecule has 0 fully saturated rings. The van der Waals surface area contributed by atoms with Gasteiger partial charge in [0.1, 0.15) is 12.4 Å². The fourth-order valence-electron chi connectivity index (χ4n) is 1.10. The van der Waals surface area contributed by atoms with Crippen LogP contribution in [-0.4, -0.2) is 12.7 Å². The number of hydrogen-bond acceptors (Lipinski definition) is 3. The van der Waals surface area contributed by atoms with Crippen LogP contribution < -0.4 is 10.5 Å². The average molecular weight is 223 g/mol. The molecule has 4 nitrogen and oxygen atoms in total. The zero-order valence-corrected chi connectivity index (χ0v) is 9.60. The molecule has 0 spiro atoms. The van der Waals surface area contributed by atoms with Crippen LogP contribution >= 0.6 is 0 Å². The van der Waals surface area contributed by atoms with Gasteiger partial charge in [-0.3, -0.25) is 0 Å². The first-order chi connectivity index (χ1) is 7.58. The first-order valence-electron chi connectivity index (χ1n) is 5.22. The van der Waals surface area contributed by atoms with Gasteiger partial charge in [-0.2, -0.15) is 0 Å². The summed E-state index contributed by atoms with van der Waals surface area (Å²) in [5.74, 6) is 1.31. The molecule has 1 aromatic carbocycles. The van der Waals surface area contributed by atoms with Crippen LogP contribution in [0.1, 0.15) is 19.4 Å². The van der Waals surface area contributed by atoms with Crippen molar-refractivity contribution in [1.82, 2.24) is 0 Å². The molecule has 4 heteroatoms. The third kappa shape index (κ3) is 4.68. The molecule has 1 amide bonds. The summed E-state index contributed by atoms with van der Waals surface area (Å²) in [6.07, 6.45) is -0.764. The van der Waals surface area contributed by atoms with Gasteiger partial charge in [0.05, 0.1) is 6.61 Å². The lowest BCUT2D eigenvalue weighted by molar-refractivity contribution is 0.150. The van der Waals surface area contributed by atoms with Gasteiger partial charge in [-0.05, 0) is 23.6 Å². The van der Waals surface area contributed by atoms with Crippen LogP contribution in [0.25, 0.3) is 0 Å². The Morgan fingerprint density at radius 3 is 2.44 bits per heavy atom. The second-order valence-corrected chi connectivity index (χ2v) is 3.96. The Morgan fingerprint density at radius 2 is 1.94 bits per heavy atom. The first-order valence-corrected chi connectivity index (χ1v) is 5.22. The number of benzene rings is 1. The Balaban J connectivity index is 2.44. The zero-order valence-electron chi connectivity index (χ0n) is 9.60. The van der Waals surface area contributed by atoms with E-state index in [2.05, 4.69) is 18.6 Å². The number of amides is 1. The molecule has 0 atom stereocenters. The molecule has 1 aromatic rings. The van der Waals surface area contributed by atoms with E-state index in [4.69, 9.17) is 10.5 Å². The molecule has 0 bridgehead atoms. The van der Waals surface area contributed by atoms with Crippen LogP contribution in [0.3, 0.4) is 0 Å². The molecule has 0 saturated carbocycles. The number of hydrogen-bond donors (Lipinski definition) is 1. The van der Waals surface area contributed by atoms with E-state index in [1.165, 1.54) is 0 Å². The monoisotopic (exact) mass is 223 g/mol. The van der Waals surface area contributed by atoms with Gasteiger partial charge in [0.25, 0.3) is 0 Å². The van der Waals surface area contributed by atoms with Crippen molar-refractivity contribution in [2.45, 2.75) is 20.5 Å². The minimum absolute atomic E-state index is 0.194. The molecular weight excluding hydrogens is 206 g/mol. The smallest absolute Gasteiger partial charge is 0.404 e. The number of primary amides is 1. The van der Waals surface area contributed by atoms with Crippen molar-refractivity contribution in [3.05, 3.63) is 29.8 Å². The Kier molecular flexibility index (Phi) is 4.64. The van der Waals surface area contributed by atoms with Crippen molar-refractivity contribution < 1.29 is 14.3 Å². The molecule has 0 aromatic heterocycles. The molecule has 88 valence electrons. The number of nitrogens with two attached hydrogens (primary N) is 1. The summed E-state index contributed by atoms with van der Waals surface area (Å²) >= 11 is 0. The maximum Gasteiger partial charge on any atom is 0.404 e. The van der Waals surface area contributed by atoms with Crippen LogP contribution in [0.5, 0.6) is 5.75 Å². The highest BCUT2D eigenvalue weighted by Gasteiger charge is 1.99. The van der Waals surface area contributed by atoms with Crippen molar-refractivity contribution in [2.75, 3.05) is 6.61 Å². The van der Waals surface area contributed by atoms with Crippen LogP contribution in [0.15, 0.2) is 24.3 Å². The minimum atomic E-state index is -0.764. The maximum atomic E-state index is 10.4. The van der Waals surface area contributed by atoms with Crippen LogP contribution in [0.2, 0.25) is 0 Å². The molecule has 0 aliphatic rings. The standard InChI is InChI=1S/C12H17NO3/c1-9(2)7-15-11-5-3-10(4-6-11)8-16-12(13)14/h3-6,9H,7-8H2,1-2H3,(H2,13,14). The van der Waals surface area contributed by atoms with Crippen LogP contribution in [0, 0.1) is 5.92 Å². The number of carbonyl (C=O) groups is 1. The Morgan fingerprint density at radius 1 is 1.31 bits per heavy atom. The van der Waals surface area contributed by atoms with Gasteiger partial charge in [-0.15, -0.1) is 0 Å². The Hall–Kier alpha value is -1.71. The van der Waals surface area contributed by atoms with E-state index in [0.717, 1.165) is 11.3 Å². The van der Waals surface area contributed by atoms with Crippen LogP contribution in [0.4, 0.5) is 4.79 Å². The molecule has 2 N–H and O–H groups in total. The van der Waals surface area contributed by atoms with E-state index in [1.54, 1.807) is 0 Å². The highest BCUT2D eigenvalue weighted by atomic mass is 16.5. The summed E-state index contributed by atoms with van der Waals surface area (Å²) in [5, 5.41) is 0. The van der Waals surface area contributed by atoms with Gasteiger partial charge < -0.3 is 15.2 Å². The van der Waals surface area contributed by atoms with Gasteiger partial charge >= 0.3 is 6.09 Å². The molecule has 0 aliphatic carbocycles. The molecule has 0 unspecified atom stereocenters. The number of carbonyl (C=O) groups excluding carboxylic acids is 1. The summed E-state index contributed by atoms with van der Waals surface area (Å²) in [4.78, 5) is 10.4. The average Bonchev–Trinajstić information content (AvgIpc) is 2.25. The summed E-state index contributed by atoms with van der Waals surface area (Å²) in [7, 11) is 0. The second kappa shape index (κ2) is 6.00.